The van der Waals surface area contributed by atoms with Gasteiger partial charge in [0.1, 0.15) is 18.5 Å². The van der Waals surface area contributed by atoms with Gasteiger partial charge >= 0.3 is 0 Å². The molecule has 0 bridgehead atoms. The van der Waals surface area contributed by atoms with Gasteiger partial charge in [-0.15, -0.1) is 6.42 Å². The van der Waals surface area contributed by atoms with E-state index >= 15 is 0 Å². The Balaban J connectivity index is 2.15. The zero-order chi connectivity index (χ0) is 24.8. The monoisotopic (exact) mass is 451 g/mol. The van der Waals surface area contributed by atoms with Gasteiger partial charge in [0.2, 0.25) is 0 Å². The normalized spacial score (nSPS) is 17.8. The average Bonchev–Trinajstić information content (AvgIpc) is 3.25. The van der Waals surface area contributed by atoms with E-state index in [-0.39, 0.29) is 6.04 Å². The molecule has 174 valence electrons. The van der Waals surface area contributed by atoms with Gasteiger partial charge in [0.05, 0.1) is 5.76 Å². The molecule has 2 N–H and O–H groups in total. The van der Waals surface area contributed by atoms with Crippen molar-refractivity contribution in [1.29, 1.82) is 0 Å². The molecule has 0 saturated heterocycles. The summed E-state index contributed by atoms with van der Waals surface area (Å²) in [6.45, 7) is 13.9. The van der Waals surface area contributed by atoms with Crippen molar-refractivity contribution < 1.29 is 4.74 Å². The number of allylic oxidation sites excluding steroid dienone is 8. The maximum absolute atomic E-state index is 5.80. The van der Waals surface area contributed by atoms with Gasteiger partial charge in [-0.05, 0) is 56.2 Å². The number of hydrogen-bond acceptors (Lipinski definition) is 3. The van der Waals surface area contributed by atoms with E-state index in [1.54, 1.807) is 12.2 Å². The molecule has 1 atom stereocenters. The topological polar surface area (TPSA) is 45.7 Å². The Morgan fingerprint density at radius 1 is 1.18 bits per heavy atom. The molecule has 1 aromatic carbocycles. The van der Waals surface area contributed by atoms with Gasteiger partial charge in [-0.1, -0.05) is 73.7 Å². The van der Waals surface area contributed by atoms with Crippen molar-refractivity contribution in [2.75, 3.05) is 6.61 Å². The summed E-state index contributed by atoms with van der Waals surface area (Å²) in [4.78, 5) is 4.61. The van der Waals surface area contributed by atoms with Crippen molar-refractivity contribution in [3.8, 4) is 12.3 Å². The maximum Gasteiger partial charge on any atom is 0.135 e. The second-order valence-corrected chi connectivity index (χ2v) is 7.64. The molecular formula is C30H33N3O. The van der Waals surface area contributed by atoms with Gasteiger partial charge in [-0.25, -0.2) is 0 Å². The SMILES string of the molecule is C#CC(C)/N=C1/NC(c2ccccc2)=C/C1=C\N/C(C=C)=C/C=C(\C)OC/C(C)=C/C=C\C=C. The quantitative estimate of drug-likeness (QED) is 0.239. The van der Waals surface area contributed by atoms with Gasteiger partial charge in [-0.3, -0.25) is 4.99 Å². The lowest BCUT2D eigenvalue weighted by Crippen LogP contribution is -2.20. The highest BCUT2D eigenvalue weighted by Crippen LogP contribution is 2.21. The Hall–Kier alpha value is -4.23. The predicted octanol–water partition coefficient (Wildman–Crippen LogP) is 6.20. The number of nitrogens with zero attached hydrogens (tertiary/aromatic N) is 1. The first-order valence-electron chi connectivity index (χ1n) is 11.1. The smallest absolute Gasteiger partial charge is 0.135 e. The molecule has 1 heterocycles. The number of aliphatic imine (C=N–C) groups is 1. The van der Waals surface area contributed by atoms with Gasteiger partial charge in [-0.2, -0.15) is 0 Å². The van der Waals surface area contributed by atoms with Crippen LogP contribution in [-0.2, 0) is 4.74 Å². The zero-order valence-corrected chi connectivity index (χ0v) is 20.2. The zero-order valence-electron chi connectivity index (χ0n) is 20.2. The van der Waals surface area contributed by atoms with Crippen molar-refractivity contribution in [3.05, 3.63) is 126 Å². The van der Waals surface area contributed by atoms with Crippen molar-refractivity contribution >= 4 is 11.5 Å². The van der Waals surface area contributed by atoms with E-state index in [9.17, 15) is 0 Å². The fraction of sp³-hybridized carbons (Fsp3) is 0.167. The second kappa shape index (κ2) is 14.0. The summed E-state index contributed by atoms with van der Waals surface area (Å²) in [5.41, 5.74) is 4.88. The minimum absolute atomic E-state index is 0.240. The standard InChI is InChI=1S/C30H33N3O/c1-7-10-12-15-23(4)22-34-25(6)18-19-28(9-3)31-21-27-20-29(26-16-13-11-14-17-26)33-30(27)32-24(5)8-2/h2,7,9-21,24,31H,1,3,22H2,4-6H3,(H,32,33)/b12-10-,23-15+,25-18+,27-21+,28-19+. The Bertz CT molecular complexity index is 1120. The molecular weight excluding hydrogens is 418 g/mol. The van der Waals surface area contributed by atoms with E-state index in [2.05, 4.69) is 34.7 Å². The van der Waals surface area contributed by atoms with Crippen molar-refractivity contribution in [1.82, 2.24) is 10.6 Å². The third-order valence-electron chi connectivity index (χ3n) is 4.74. The molecule has 0 radical (unpaired) electrons. The molecule has 34 heavy (non-hydrogen) atoms. The van der Waals surface area contributed by atoms with Crippen molar-refractivity contribution in [2.45, 2.75) is 26.8 Å². The van der Waals surface area contributed by atoms with E-state index in [0.29, 0.717) is 6.61 Å². The van der Waals surface area contributed by atoms with Gasteiger partial charge in [0.15, 0.2) is 0 Å². The Morgan fingerprint density at radius 2 is 1.94 bits per heavy atom. The van der Waals surface area contributed by atoms with Crippen LogP contribution in [0, 0.1) is 12.3 Å². The third-order valence-corrected chi connectivity index (χ3v) is 4.74. The van der Waals surface area contributed by atoms with Crippen LogP contribution >= 0.6 is 0 Å². The molecule has 0 amide bonds. The summed E-state index contributed by atoms with van der Waals surface area (Å²) in [6, 6.07) is 9.85. The minimum atomic E-state index is -0.240. The number of terminal acetylenes is 1. The molecule has 1 aliphatic heterocycles. The molecule has 4 heteroatoms. The molecule has 4 nitrogen and oxygen atoms in total. The molecule has 0 saturated carbocycles. The second-order valence-electron chi connectivity index (χ2n) is 7.64. The number of amidine groups is 1. The molecule has 1 unspecified atom stereocenters. The molecule has 2 rings (SSSR count). The molecule has 0 fully saturated rings. The first kappa shape index (κ1) is 26.0. The fourth-order valence-electron chi connectivity index (χ4n) is 2.85. The molecule has 0 aromatic heterocycles. The van der Waals surface area contributed by atoms with Gasteiger partial charge < -0.3 is 15.4 Å². The van der Waals surface area contributed by atoms with Crippen LogP contribution in [0.25, 0.3) is 5.70 Å². The predicted molar refractivity (Wildman–Crippen MR) is 146 cm³/mol. The number of hydrogen-bond donors (Lipinski definition) is 2. The molecule has 0 aliphatic carbocycles. The first-order valence-corrected chi connectivity index (χ1v) is 11.1. The van der Waals surface area contributed by atoms with Crippen LogP contribution in [-0.4, -0.2) is 18.5 Å². The summed E-state index contributed by atoms with van der Waals surface area (Å²) < 4.78 is 5.80. The van der Waals surface area contributed by atoms with E-state index in [4.69, 9.17) is 11.2 Å². The van der Waals surface area contributed by atoms with Crippen LogP contribution in [0.15, 0.2) is 126 Å². The van der Waals surface area contributed by atoms with Crippen molar-refractivity contribution in [3.63, 3.8) is 0 Å². The number of rotatable bonds is 11. The summed E-state index contributed by atoms with van der Waals surface area (Å²) in [5.74, 6) is 4.17. The van der Waals surface area contributed by atoms with Crippen LogP contribution in [0.1, 0.15) is 26.3 Å². The summed E-state index contributed by atoms with van der Waals surface area (Å²) in [6.07, 6.45) is 22.6. The molecule has 0 spiro atoms. The van der Waals surface area contributed by atoms with Crippen LogP contribution in [0.3, 0.4) is 0 Å². The lowest BCUT2D eigenvalue weighted by Gasteiger charge is -2.08. The van der Waals surface area contributed by atoms with Crippen LogP contribution in [0.2, 0.25) is 0 Å². The first-order chi connectivity index (χ1) is 16.5. The Morgan fingerprint density at radius 3 is 2.62 bits per heavy atom. The molecule has 1 aromatic rings. The van der Waals surface area contributed by atoms with Gasteiger partial charge in [0, 0.05) is 23.2 Å². The average molecular weight is 452 g/mol. The van der Waals surface area contributed by atoms with E-state index in [0.717, 1.165) is 39.7 Å². The lowest BCUT2D eigenvalue weighted by molar-refractivity contribution is 0.242. The van der Waals surface area contributed by atoms with Crippen molar-refractivity contribution in [2.24, 2.45) is 4.99 Å². The number of nitrogens with one attached hydrogen (secondary N) is 2. The highest BCUT2D eigenvalue weighted by molar-refractivity contribution is 6.11. The van der Waals surface area contributed by atoms with Gasteiger partial charge in [0.25, 0.3) is 0 Å². The summed E-state index contributed by atoms with van der Waals surface area (Å²) >= 11 is 0. The third kappa shape index (κ3) is 8.72. The lowest BCUT2D eigenvalue weighted by atomic mass is 10.1. The summed E-state index contributed by atoms with van der Waals surface area (Å²) in [7, 11) is 0. The molecule has 1 aliphatic rings. The Kier molecular flexibility index (Phi) is 10.7. The van der Waals surface area contributed by atoms with Crippen LogP contribution in [0.4, 0.5) is 0 Å². The number of benzene rings is 1. The highest BCUT2D eigenvalue weighted by Gasteiger charge is 2.18. The van der Waals surface area contributed by atoms with Crippen LogP contribution < -0.4 is 10.6 Å². The van der Waals surface area contributed by atoms with E-state index in [1.807, 2.05) is 93.8 Å². The van der Waals surface area contributed by atoms with E-state index < -0.39 is 0 Å². The minimum Gasteiger partial charge on any atom is -0.494 e. The fourth-order valence-corrected chi connectivity index (χ4v) is 2.85. The Labute approximate surface area is 204 Å². The number of ether oxygens (including phenoxy) is 1. The van der Waals surface area contributed by atoms with E-state index in [1.165, 1.54) is 0 Å². The summed E-state index contributed by atoms with van der Waals surface area (Å²) in [5, 5.41) is 6.67. The largest absolute Gasteiger partial charge is 0.494 e. The van der Waals surface area contributed by atoms with Crippen LogP contribution in [0.5, 0.6) is 0 Å². The highest BCUT2D eigenvalue weighted by atomic mass is 16.5. The maximum atomic E-state index is 5.80.